The average molecular weight is 614 g/mol. The standard InChI is InChI=1S/C33H41FN6O2.C2H3N/c1-5-33(14-8-15-37(33)4)22-42-32-35-27-21-40(28-12-7-11-25-10-6-9-23(2)29(25)28)16-13-26(27)30(36-32)38-17-19-39(20-18-38)31(41)24(3)34;1-2-3/h6-7,9-12H,3,5,8,13-22H2,1-2,4H3;1H3. The van der Waals surface area contributed by atoms with Gasteiger partial charge in [0.2, 0.25) is 0 Å². The fourth-order valence-corrected chi connectivity index (χ4v) is 6.99. The maximum Gasteiger partial charge on any atom is 0.318 e. The SMILES string of the molecule is C=C(F)C(=O)N1CCN(c2nc(OCC3(CC)CCCN3C)nc3c2CCN(c2cccc4cccc(C)c24)C3)CC1.CC#N. The Kier molecular flexibility index (Phi) is 9.88. The maximum atomic E-state index is 13.5. The number of carbonyl (C=O) groups is 1. The number of halogens is 1. The van der Waals surface area contributed by atoms with Crippen LogP contribution in [0.2, 0.25) is 0 Å². The summed E-state index contributed by atoms with van der Waals surface area (Å²) >= 11 is 0. The number of hydrogen-bond acceptors (Lipinski definition) is 8. The molecule has 45 heavy (non-hydrogen) atoms. The van der Waals surface area contributed by atoms with Crippen molar-refractivity contribution >= 4 is 28.2 Å². The fraction of sp³-hybridized carbons (Fsp3) is 0.486. The topological polar surface area (TPSA) is 88.8 Å². The van der Waals surface area contributed by atoms with Gasteiger partial charge in [-0.3, -0.25) is 9.69 Å². The van der Waals surface area contributed by atoms with Crippen molar-refractivity contribution in [3.63, 3.8) is 0 Å². The van der Waals surface area contributed by atoms with Crippen LogP contribution in [0.4, 0.5) is 15.9 Å². The average Bonchev–Trinajstić information content (AvgIpc) is 3.43. The highest BCUT2D eigenvalue weighted by atomic mass is 19.1. The van der Waals surface area contributed by atoms with E-state index in [-0.39, 0.29) is 5.54 Å². The van der Waals surface area contributed by atoms with Crippen LogP contribution in [0.1, 0.15) is 49.9 Å². The zero-order valence-corrected chi connectivity index (χ0v) is 27.0. The van der Waals surface area contributed by atoms with Gasteiger partial charge in [-0.1, -0.05) is 43.8 Å². The molecule has 9 nitrogen and oxygen atoms in total. The van der Waals surface area contributed by atoms with Crippen LogP contribution in [0.15, 0.2) is 48.8 Å². The fourth-order valence-electron chi connectivity index (χ4n) is 6.99. The van der Waals surface area contributed by atoms with Gasteiger partial charge in [0.25, 0.3) is 5.91 Å². The molecule has 0 N–H and O–H groups in total. The van der Waals surface area contributed by atoms with Crippen molar-refractivity contribution in [3.8, 4) is 12.1 Å². The first-order valence-electron chi connectivity index (χ1n) is 15.9. The van der Waals surface area contributed by atoms with Gasteiger partial charge in [-0.15, -0.1) is 0 Å². The molecule has 3 aromatic rings. The summed E-state index contributed by atoms with van der Waals surface area (Å²) in [7, 11) is 2.18. The zero-order valence-electron chi connectivity index (χ0n) is 27.0. The van der Waals surface area contributed by atoms with E-state index in [1.807, 2.05) is 0 Å². The molecule has 4 heterocycles. The van der Waals surface area contributed by atoms with E-state index in [2.05, 4.69) is 78.6 Å². The third-order valence-electron chi connectivity index (χ3n) is 9.63. The Bertz CT molecular complexity index is 1590. The molecule has 0 saturated carbocycles. The van der Waals surface area contributed by atoms with Gasteiger partial charge < -0.3 is 19.4 Å². The molecule has 0 aliphatic carbocycles. The van der Waals surface area contributed by atoms with Crippen LogP contribution >= 0.6 is 0 Å². The van der Waals surface area contributed by atoms with Crippen LogP contribution in [0, 0.1) is 18.3 Å². The van der Waals surface area contributed by atoms with Gasteiger partial charge in [-0.25, -0.2) is 4.39 Å². The number of likely N-dealkylation sites (tertiary alicyclic amines) is 1. The van der Waals surface area contributed by atoms with Gasteiger partial charge in [0, 0.05) is 56.3 Å². The Morgan fingerprint density at radius 3 is 2.44 bits per heavy atom. The molecule has 1 amide bonds. The number of anilines is 2. The largest absolute Gasteiger partial charge is 0.461 e. The zero-order chi connectivity index (χ0) is 32.1. The number of likely N-dealkylation sites (N-methyl/N-ethyl adjacent to an activating group) is 1. The number of nitrogens with zero attached hydrogens (tertiary/aromatic N) is 7. The molecule has 238 valence electrons. The smallest absolute Gasteiger partial charge is 0.318 e. The summed E-state index contributed by atoms with van der Waals surface area (Å²) in [5, 5.41) is 9.83. The van der Waals surface area contributed by atoms with E-state index < -0.39 is 11.7 Å². The summed E-state index contributed by atoms with van der Waals surface area (Å²) in [5.74, 6) is -0.667. The molecule has 1 atom stereocenters. The molecule has 2 aromatic carbocycles. The molecule has 3 aliphatic rings. The first-order chi connectivity index (χ1) is 21.7. The lowest BCUT2D eigenvalue weighted by Gasteiger charge is -2.38. The maximum absolute atomic E-state index is 13.5. The number of hydrogen-bond donors (Lipinski definition) is 0. The first-order valence-corrected chi connectivity index (χ1v) is 15.9. The molecule has 3 aliphatic heterocycles. The van der Waals surface area contributed by atoms with Crippen LogP contribution in [-0.4, -0.2) is 84.1 Å². The van der Waals surface area contributed by atoms with E-state index in [1.54, 1.807) is 6.07 Å². The van der Waals surface area contributed by atoms with Gasteiger partial charge in [-0.05, 0) is 63.2 Å². The second-order valence-electron chi connectivity index (χ2n) is 12.2. The number of ether oxygens (including phenoxy) is 1. The molecule has 6 rings (SSSR count). The second-order valence-corrected chi connectivity index (χ2v) is 12.2. The summed E-state index contributed by atoms with van der Waals surface area (Å²) in [6.45, 7) is 14.1. The van der Waals surface area contributed by atoms with E-state index >= 15 is 0 Å². The van der Waals surface area contributed by atoms with Crippen molar-refractivity contribution in [2.45, 2.75) is 58.5 Å². The molecule has 0 spiro atoms. The molecule has 10 heteroatoms. The minimum atomic E-state index is -0.913. The molecular formula is C35H44FN7O2. The number of nitriles is 1. The lowest BCUT2D eigenvalue weighted by Crippen LogP contribution is -2.49. The Balaban J connectivity index is 0.00000128. The van der Waals surface area contributed by atoms with E-state index in [4.69, 9.17) is 20.0 Å². The Morgan fingerprint density at radius 1 is 1.09 bits per heavy atom. The minimum Gasteiger partial charge on any atom is -0.461 e. The van der Waals surface area contributed by atoms with Crippen molar-refractivity contribution in [1.29, 1.82) is 5.26 Å². The van der Waals surface area contributed by atoms with Gasteiger partial charge >= 0.3 is 6.01 Å². The highest BCUT2D eigenvalue weighted by Gasteiger charge is 2.38. The second kappa shape index (κ2) is 13.8. The molecule has 1 unspecified atom stereocenters. The summed E-state index contributed by atoms with van der Waals surface area (Å²) < 4.78 is 20.0. The summed E-state index contributed by atoms with van der Waals surface area (Å²) in [6, 6.07) is 15.1. The molecule has 0 bridgehead atoms. The number of aryl methyl sites for hydroxylation is 1. The van der Waals surface area contributed by atoms with Crippen molar-refractivity contribution < 1.29 is 13.9 Å². The van der Waals surface area contributed by atoms with Gasteiger partial charge in [0.1, 0.15) is 12.4 Å². The van der Waals surface area contributed by atoms with E-state index in [9.17, 15) is 9.18 Å². The summed E-state index contributed by atoms with van der Waals surface area (Å²) in [4.78, 5) is 30.7. The third-order valence-corrected chi connectivity index (χ3v) is 9.63. The number of aromatic nitrogens is 2. The highest BCUT2D eigenvalue weighted by molar-refractivity contribution is 5.97. The summed E-state index contributed by atoms with van der Waals surface area (Å²) in [6.07, 6.45) is 4.07. The van der Waals surface area contributed by atoms with Crippen LogP contribution in [0.25, 0.3) is 10.8 Å². The Morgan fingerprint density at radius 2 is 1.80 bits per heavy atom. The molecule has 2 saturated heterocycles. The number of amides is 1. The first kappa shape index (κ1) is 32.2. The van der Waals surface area contributed by atoms with Crippen LogP contribution < -0.4 is 14.5 Å². The Labute approximate surface area is 265 Å². The van der Waals surface area contributed by atoms with Crippen molar-refractivity contribution in [2.24, 2.45) is 0 Å². The van der Waals surface area contributed by atoms with E-state index in [0.717, 1.165) is 55.8 Å². The lowest BCUT2D eigenvalue weighted by atomic mass is 9.94. The highest BCUT2D eigenvalue weighted by Crippen LogP contribution is 2.36. The van der Waals surface area contributed by atoms with Gasteiger partial charge in [0.05, 0.1) is 23.8 Å². The van der Waals surface area contributed by atoms with Gasteiger partial charge in [-0.2, -0.15) is 15.2 Å². The summed E-state index contributed by atoms with van der Waals surface area (Å²) in [5.41, 5.74) is 4.58. The number of carbonyl (C=O) groups excluding carboxylic acids is 1. The number of benzene rings is 2. The number of fused-ring (bicyclic) bond motifs is 2. The minimum absolute atomic E-state index is 0.00725. The number of rotatable bonds is 7. The van der Waals surface area contributed by atoms with Crippen molar-refractivity contribution in [3.05, 3.63) is 65.6 Å². The van der Waals surface area contributed by atoms with E-state index in [0.29, 0.717) is 45.3 Å². The van der Waals surface area contributed by atoms with E-state index in [1.165, 1.54) is 33.8 Å². The molecule has 0 radical (unpaired) electrons. The molecular weight excluding hydrogens is 569 g/mol. The quantitative estimate of drug-likeness (QED) is 0.327. The Hall–Kier alpha value is -4.23. The predicted molar refractivity (Wildman–Crippen MR) is 176 cm³/mol. The van der Waals surface area contributed by atoms with Gasteiger partial charge in [0.15, 0.2) is 5.83 Å². The van der Waals surface area contributed by atoms with Crippen LogP contribution in [-0.2, 0) is 17.8 Å². The molecule has 2 fully saturated rings. The predicted octanol–water partition coefficient (Wildman–Crippen LogP) is 5.42. The normalized spacial score (nSPS) is 19.9. The van der Waals surface area contributed by atoms with Crippen molar-refractivity contribution in [2.75, 3.05) is 62.7 Å². The lowest BCUT2D eigenvalue weighted by molar-refractivity contribution is -0.128. The van der Waals surface area contributed by atoms with Crippen LogP contribution in [0.5, 0.6) is 6.01 Å². The number of piperazine rings is 1. The van der Waals surface area contributed by atoms with Crippen LogP contribution in [0.3, 0.4) is 0 Å². The molecule has 1 aromatic heterocycles. The van der Waals surface area contributed by atoms with Crippen molar-refractivity contribution in [1.82, 2.24) is 19.8 Å². The monoisotopic (exact) mass is 613 g/mol. The third kappa shape index (κ3) is 6.59.